The van der Waals surface area contributed by atoms with E-state index < -0.39 is 0 Å². The first-order chi connectivity index (χ1) is 15.3. The van der Waals surface area contributed by atoms with Crippen molar-refractivity contribution in [3.63, 3.8) is 0 Å². The summed E-state index contributed by atoms with van der Waals surface area (Å²) >= 11 is 1.84. The van der Waals surface area contributed by atoms with Crippen molar-refractivity contribution >= 4 is 46.3 Å². The molecule has 0 spiro atoms. The largest absolute Gasteiger partial charge is 0.363 e. The molecule has 0 aliphatic carbocycles. The molecule has 0 atom stereocenters. The second-order valence-corrected chi connectivity index (χ2v) is 9.39. The summed E-state index contributed by atoms with van der Waals surface area (Å²) in [5.41, 5.74) is 1.41. The van der Waals surface area contributed by atoms with E-state index in [0.29, 0.717) is 6.04 Å². The van der Waals surface area contributed by atoms with Gasteiger partial charge in [0.2, 0.25) is 0 Å². The molecule has 2 fully saturated rings. The quantitative estimate of drug-likeness (QED) is 0.305. The van der Waals surface area contributed by atoms with Crippen LogP contribution in [-0.2, 0) is 6.54 Å². The molecule has 2 aliphatic heterocycles. The van der Waals surface area contributed by atoms with E-state index in [1.807, 2.05) is 18.4 Å². The van der Waals surface area contributed by atoms with Gasteiger partial charge in [-0.1, -0.05) is 30.3 Å². The number of piperazine rings is 1. The number of nitrogens with zero attached hydrogens (tertiary/aromatic N) is 4. The molecular formula is C24H37IN6S. The van der Waals surface area contributed by atoms with Crippen LogP contribution in [0.3, 0.4) is 0 Å². The van der Waals surface area contributed by atoms with Gasteiger partial charge in [0.15, 0.2) is 5.96 Å². The Bertz CT molecular complexity index is 784. The third-order valence-electron chi connectivity index (χ3n) is 6.31. The lowest BCUT2D eigenvalue weighted by Crippen LogP contribution is -2.51. The molecule has 1 aromatic heterocycles. The lowest BCUT2D eigenvalue weighted by Gasteiger charge is -2.35. The molecule has 0 amide bonds. The van der Waals surface area contributed by atoms with Crippen molar-refractivity contribution in [1.29, 1.82) is 0 Å². The maximum atomic E-state index is 4.45. The molecular weight excluding hydrogens is 531 g/mol. The third kappa shape index (κ3) is 7.60. The minimum Gasteiger partial charge on any atom is -0.363 e. The fourth-order valence-electron chi connectivity index (χ4n) is 4.43. The molecule has 176 valence electrons. The molecule has 8 heteroatoms. The minimum absolute atomic E-state index is 0. The van der Waals surface area contributed by atoms with Gasteiger partial charge in [-0.15, -0.1) is 35.3 Å². The molecule has 2 saturated heterocycles. The van der Waals surface area contributed by atoms with E-state index in [9.17, 15) is 0 Å². The van der Waals surface area contributed by atoms with Crippen LogP contribution in [0.1, 0.15) is 18.4 Å². The predicted octanol–water partition coefficient (Wildman–Crippen LogP) is 3.32. The van der Waals surface area contributed by atoms with E-state index >= 15 is 0 Å². The SMILES string of the molecule is CN=C(NCCN1CCN(Cc2ccccc2)CC1)NC1CCN(c2cccs2)CC1.I. The molecule has 32 heavy (non-hydrogen) atoms. The number of hydrogen-bond donors (Lipinski definition) is 2. The zero-order chi connectivity index (χ0) is 21.3. The van der Waals surface area contributed by atoms with Crippen molar-refractivity contribution in [3.05, 3.63) is 53.4 Å². The van der Waals surface area contributed by atoms with Crippen LogP contribution < -0.4 is 15.5 Å². The van der Waals surface area contributed by atoms with Crippen LogP contribution in [0.4, 0.5) is 5.00 Å². The highest BCUT2D eigenvalue weighted by Gasteiger charge is 2.21. The Labute approximate surface area is 214 Å². The standard InChI is InChI=1S/C24H36N6S.HI/c1-25-24(27-22-9-12-30(13-10-22)23-8-5-19-31-23)26-11-14-28-15-17-29(18-16-28)20-21-6-3-2-4-7-21;/h2-8,19,22H,9-18,20H2,1H3,(H2,25,26,27);1H. The van der Waals surface area contributed by atoms with Crippen molar-refractivity contribution in [2.45, 2.75) is 25.4 Å². The summed E-state index contributed by atoms with van der Waals surface area (Å²) in [4.78, 5) is 12.1. The number of piperidine rings is 1. The zero-order valence-electron chi connectivity index (χ0n) is 19.1. The monoisotopic (exact) mass is 568 g/mol. The van der Waals surface area contributed by atoms with Crippen molar-refractivity contribution in [3.8, 4) is 0 Å². The Morgan fingerprint density at radius 2 is 1.69 bits per heavy atom. The van der Waals surface area contributed by atoms with Crippen LogP contribution in [0.5, 0.6) is 0 Å². The lowest BCUT2D eigenvalue weighted by atomic mass is 10.1. The van der Waals surface area contributed by atoms with Gasteiger partial charge < -0.3 is 15.5 Å². The number of thiophene rings is 1. The third-order valence-corrected chi connectivity index (χ3v) is 7.24. The van der Waals surface area contributed by atoms with Crippen LogP contribution in [0.15, 0.2) is 52.8 Å². The maximum absolute atomic E-state index is 4.45. The maximum Gasteiger partial charge on any atom is 0.191 e. The molecule has 2 N–H and O–H groups in total. The smallest absolute Gasteiger partial charge is 0.191 e. The molecule has 0 unspecified atom stereocenters. The molecule has 0 saturated carbocycles. The van der Waals surface area contributed by atoms with Crippen molar-refractivity contribution in [1.82, 2.24) is 20.4 Å². The lowest BCUT2D eigenvalue weighted by molar-refractivity contribution is 0.129. The molecule has 6 nitrogen and oxygen atoms in total. The summed E-state index contributed by atoms with van der Waals surface area (Å²) in [6, 6.07) is 15.7. The normalized spacial score (nSPS) is 18.9. The number of rotatable bonds is 7. The summed E-state index contributed by atoms with van der Waals surface area (Å²) in [7, 11) is 1.87. The fraction of sp³-hybridized carbons (Fsp3) is 0.542. The number of halogens is 1. The van der Waals surface area contributed by atoms with E-state index in [1.165, 1.54) is 10.6 Å². The molecule has 0 bridgehead atoms. The van der Waals surface area contributed by atoms with E-state index in [1.54, 1.807) is 0 Å². The van der Waals surface area contributed by atoms with E-state index in [0.717, 1.165) is 77.7 Å². The van der Waals surface area contributed by atoms with Crippen LogP contribution in [-0.4, -0.2) is 81.2 Å². The Morgan fingerprint density at radius 1 is 0.969 bits per heavy atom. The van der Waals surface area contributed by atoms with E-state index in [-0.39, 0.29) is 24.0 Å². The molecule has 2 aromatic rings. The first-order valence-electron chi connectivity index (χ1n) is 11.5. The average molecular weight is 569 g/mol. The van der Waals surface area contributed by atoms with Gasteiger partial charge in [-0.3, -0.25) is 14.8 Å². The van der Waals surface area contributed by atoms with Gasteiger partial charge in [0.05, 0.1) is 5.00 Å². The van der Waals surface area contributed by atoms with Crippen LogP contribution >= 0.6 is 35.3 Å². The summed E-state index contributed by atoms with van der Waals surface area (Å²) in [5.74, 6) is 0.942. The highest BCUT2D eigenvalue weighted by molar-refractivity contribution is 14.0. The van der Waals surface area contributed by atoms with Gasteiger partial charge >= 0.3 is 0 Å². The summed E-state index contributed by atoms with van der Waals surface area (Å²) in [6.45, 7) is 9.86. The van der Waals surface area contributed by atoms with Gasteiger partial charge in [-0.05, 0) is 35.9 Å². The van der Waals surface area contributed by atoms with Gasteiger partial charge in [-0.25, -0.2) is 0 Å². The molecule has 1 aromatic carbocycles. The Morgan fingerprint density at radius 3 is 2.34 bits per heavy atom. The van der Waals surface area contributed by atoms with Gasteiger partial charge in [0.1, 0.15) is 0 Å². The van der Waals surface area contributed by atoms with E-state index in [2.05, 4.69) is 78.2 Å². The second-order valence-electron chi connectivity index (χ2n) is 8.46. The van der Waals surface area contributed by atoms with E-state index in [4.69, 9.17) is 0 Å². The number of nitrogens with one attached hydrogen (secondary N) is 2. The number of hydrogen-bond acceptors (Lipinski definition) is 5. The van der Waals surface area contributed by atoms with Gasteiger partial charge in [-0.2, -0.15) is 0 Å². The molecule has 3 heterocycles. The van der Waals surface area contributed by atoms with Crippen molar-refractivity contribution in [2.24, 2.45) is 4.99 Å². The van der Waals surface area contributed by atoms with Crippen LogP contribution in [0, 0.1) is 0 Å². The number of benzene rings is 1. The topological polar surface area (TPSA) is 46.1 Å². The number of aliphatic imine (C=N–C) groups is 1. The highest BCUT2D eigenvalue weighted by Crippen LogP contribution is 2.24. The zero-order valence-corrected chi connectivity index (χ0v) is 22.2. The van der Waals surface area contributed by atoms with Gasteiger partial charge in [0, 0.05) is 72.0 Å². The Kier molecular flexibility index (Phi) is 10.6. The highest BCUT2D eigenvalue weighted by atomic mass is 127. The predicted molar refractivity (Wildman–Crippen MR) is 148 cm³/mol. The Balaban J connectivity index is 0.00000289. The first kappa shape index (κ1) is 25.3. The number of guanidine groups is 1. The minimum atomic E-state index is 0. The Hall–Kier alpha value is -1.36. The molecule has 4 rings (SSSR count). The summed E-state index contributed by atoms with van der Waals surface area (Å²) in [6.07, 6.45) is 2.31. The molecule has 2 aliphatic rings. The number of anilines is 1. The fourth-order valence-corrected chi connectivity index (χ4v) is 5.21. The summed E-state index contributed by atoms with van der Waals surface area (Å²) in [5, 5.41) is 10.7. The van der Waals surface area contributed by atoms with Gasteiger partial charge in [0.25, 0.3) is 0 Å². The first-order valence-corrected chi connectivity index (χ1v) is 12.4. The van der Waals surface area contributed by atoms with Crippen LogP contribution in [0.2, 0.25) is 0 Å². The second kappa shape index (κ2) is 13.4. The molecule has 0 radical (unpaired) electrons. The van der Waals surface area contributed by atoms with Crippen LogP contribution in [0.25, 0.3) is 0 Å². The summed E-state index contributed by atoms with van der Waals surface area (Å²) < 4.78 is 0. The van der Waals surface area contributed by atoms with Crippen molar-refractivity contribution in [2.75, 3.05) is 64.3 Å². The average Bonchev–Trinajstić information content (AvgIpc) is 3.36. The van der Waals surface area contributed by atoms with Crippen molar-refractivity contribution < 1.29 is 0 Å².